The highest BCUT2D eigenvalue weighted by Crippen LogP contribution is 2.22. The van der Waals surface area contributed by atoms with E-state index in [4.69, 9.17) is 9.47 Å². The molecule has 6 heteroatoms. The Kier molecular flexibility index (Phi) is 5.13. The van der Waals surface area contributed by atoms with Crippen LogP contribution in [0.15, 0.2) is 24.3 Å². The Morgan fingerprint density at radius 3 is 2.50 bits per heavy atom. The molecule has 0 aliphatic carbocycles. The fourth-order valence-corrected chi connectivity index (χ4v) is 2.03. The van der Waals surface area contributed by atoms with E-state index < -0.39 is 5.60 Å². The number of aromatic nitrogens is 3. The minimum Gasteiger partial charge on any atom is -0.486 e. The summed E-state index contributed by atoms with van der Waals surface area (Å²) in [7, 11) is 1.65. The van der Waals surface area contributed by atoms with Crippen LogP contribution >= 0.6 is 0 Å². The first-order valence-corrected chi connectivity index (χ1v) is 7.34. The lowest BCUT2D eigenvalue weighted by atomic mass is 10.1. The number of ether oxygens (including phenoxy) is 2. The van der Waals surface area contributed by atoms with Crippen LogP contribution in [0.3, 0.4) is 0 Å². The van der Waals surface area contributed by atoms with Gasteiger partial charge in [0, 0.05) is 13.7 Å². The number of halogens is 1. The normalized spacial score (nSPS) is 11.7. The van der Waals surface area contributed by atoms with Crippen LogP contribution in [-0.4, -0.2) is 21.9 Å². The average molecular weight is 307 g/mol. The topological polar surface area (TPSA) is 49.2 Å². The Bertz CT molecular complexity index is 608. The predicted octanol–water partition coefficient (Wildman–Crippen LogP) is 3.29. The Morgan fingerprint density at radius 1 is 1.23 bits per heavy atom. The molecule has 0 spiro atoms. The second-order valence-corrected chi connectivity index (χ2v) is 5.53. The number of nitrogens with zero attached hydrogens (tertiary/aromatic N) is 3. The van der Waals surface area contributed by atoms with Gasteiger partial charge in [-0.3, -0.25) is 0 Å². The first-order chi connectivity index (χ1) is 10.5. The zero-order valence-electron chi connectivity index (χ0n) is 13.5. The Hall–Kier alpha value is -1.95. The Labute approximate surface area is 130 Å². The molecule has 0 fully saturated rings. The summed E-state index contributed by atoms with van der Waals surface area (Å²) >= 11 is 0. The van der Waals surface area contributed by atoms with Gasteiger partial charge in [-0.25, -0.2) is 14.1 Å². The summed E-state index contributed by atoms with van der Waals surface area (Å²) in [6.45, 7) is 6.99. The van der Waals surface area contributed by atoms with Gasteiger partial charge >= 0.3 is 0 Å². The van der Waals surface area contributed by atoms with Crippen molar-refractivity contribution in [2.45, 2.75) is 45.9 Å². The highest BCUT2D eigenvalue weighted by molar-refractivity contribution is 5.22. The molecule has 1 aromatic carbocycles. The Morgan fingerprint density at radius 2 is 1.91 bits per heavy atom. The third-order valence-electron chi connectivity index (χ3n) is 3.38. The van der Waals surface area contributed by atoms with Gasteiger partial charge in [-0.1, -0.05) is 6.92 Å². The summed E-state index contributed by atoms with van der Waals surface area (Å²) in [5.41, 5.74) is -0.518. The zero-order chi connectivity index (χ0) is 16.2. The van der Waals surface area contributed by atoms with Gasteiger partial charge in [0.2, 0.25) is 0 Å². The van der Waals surface area contributed by atoms with Gasteiger partial charge in [-0.15, -0.1) is 0 Å². The van der Waals surface area contributed by atoms with E-state index in [2.05, 4.69) is 17.0 Å². The molecule has 0 amide bonds. The van der Waals surface area contributed by atoms with Crippen LogP contribution in [0, 0.1) is 5.82 Å². The number of rotatable bonds is 7. The number of hydrogen-bond acceptors (Lipinski definition) is 4. The zero-order valence-corrected chi connectivity index (χ0v) is 13.5. The summed E-state index contributed by atoms with van der Waals surface area (Å²) in [6, 6.07) is 5.88. The standard InChI is InChI=1S/C16H22FN3O2/c1-5-10-20-15(16(2,3)21-4)18-14(19-20)11-22-13-8-6-12(17)7-9-13/h6-9H,5,10-11H2,1-4H3. The predicted molar refractivity (Wildman–Crippen MR) is 81.1 cm³/mol. The molecular weight excluding hydrogens is 285 g/mol. The summed E-state index contributed by atoms with van der Waals surface area (Å²) in [4.78, 5) is 4.53. The van der Waals surface area contributed by atoms with Crippen LogP contribution in [0.2, 0.25) is 0 Å². The molecule has 5 nitrogen and oxygen atoms in total. The van der Waals surface area contributed by atoms with Crippen molar-refractivity contribution < 1.29 is 13.9 Å². The lowest BCUT2D eigenvalue weighted by Gasteiger charge is -2.22. The average Bonchev–Trinajstić information content (AvgIpc) is 2.91. The molecule has 1 aromatic heterocycles. The molecule has 2 aromatic rings. The van der Waals surface area contributed by atoms with Crippen LogP contribution in [0.25, 0.3) is 0 Å². The van der Waals surface area contributed by atoms with Gasteiger partial charge in [0.1, 0.15) is 23.8 Å². The van der Waals surface area contributed by atoms with E-state index in [1.165, 1.54) is 12.1 Å². The van der Waals surface area contributed by atoms with Gasteiger partial charge in [0.25, 0.3) is 0 Å². The van der Waals surface area contributed by atoms with Crippen molar-refractivity contribution in [3.05, 3.63) is 41.7 Å². The van der Waals surface area contributed by atoms with Crippen molar-refractivity contribution in [3.8, 4) is 5.75 Å². The third-order valence-corrected chi connectivity index (χ3v) is 3.38. The van der Waals surface area contributed by atoms with Crippen molar-refractivity contribution in [1.82, 2.24) is 14.8 Å². The van der Waals surface area contributed by atoms with Crippen LogP contribution in [0.5, 0.6) is 5.75 Å². The van der Waals surface area contributed by atoms with E-state index >= 15 is 0 Å². The number of methoxy groups -OCH3 is 1. The van der Waals surface area contributed by atoms with Gasteiger partial charge < -0.3 is 9.47 Å². The van der Waals surface area contributed by atoms with E-state index in [1.54, 1.807) is 19.2 Å². The summed E-state index contributed by atoms with van der Waals surface area (Å²) in [6.07, 6.45) is 0.953. The number of aryl methyl sites for hydroxylation is 1. The molecule has 0 aliphatic rings. The van der Waals surface area contributed by atoms with Crippen molar-refractivity contribution in [1.29, 1.82) is 0 Å². The van der Waals surface area contributed by atoms with E-state index in [-0.39, 0.29) is 12.4 Å². The minimum atomic E-state index is -0.518. The molecule has 0 radical (unpaired) electrons. The van der Waals surface area contributed by atoms with E-state index in [9.17, 15) is 4.39 Å². The largest absolute Gasteiger partial charge is 0.486 e. The summed E-state index contributed by atoms with van der Waals surface area (Å²) < 4.78 is 25.8. The number of hydrogen-bond donors (Lipinski definition) is 0. The maximum atomic E-state index is 12.9. The van der Waals surface area contributed by atoms with Crippen molar-refractivity contribution in [3.63, 3.8) is 0 Å². The molecule has 0 bridgehead atoms. The van der Waals surface area contributed by atoms with Crippen LogP contribution in [0.1, 0.15) is 38.8 Å². The van der Waals surface area contributed by atoms with Gasteiger partial charge in [-0.05, 0) is 44.5 Å². The third kappa shape index (κ3) is 3.82. The second-order valence-electron chi connectivity index (χ2n) is 5.53. The van der Waals surface area contributed by atoms with E-state index in [0.29, 0.717) is 11.6 Å². The molecule has 120 valence electrons. The molecule has 2 rings (SSSR count). The van der Waals surface area contributed by atoms with E-state index in [0.717, 1.165) is 18.8 Å². The highest BCUT2D eigenvalue weighted by Gasteiger charge is 2.27. The van der Waals surface area contributed by atoms with Gasteiger partial charge in [0.05, 0.1) is 0 Å². The molecule has 0 saturated heterocycles. The highest BCUT2D eigenvalue weighted by atomic mass is 19.1. The smallest absolute Gasteiger partial charge is 0.188 e. The summed E-state index contributed by atoms with van der Waals surface area (Å²) in [5.74, 6) is 1.65. The maximum Gasteiger partial charge on any atom is 0.188 e. The monoisotopic (exact) mass is 307 g/mol. The fourth-order valence-electron chi connectivity index (χ4n) is 2.03. The molecule has 0 N–H and O–H groups in total. The lowest BCUT2D eigenvalue weighted by Crippen LogP contribution is -2.25. The molecule has 22 heavy (non-hydrogen) atoms. The van der Waals surface area contributed by atoms with Crippen molar-refractivity contribution in [2.24, 2.45) is 0 Å². The van der Waals surface area contributed by atoms with Crippen LogP contribution in [0.4, 0.5) is 4.39 Å². The number of benzene rings is 1. The maximum absolute atomic E-state index is 12.9. The second kappa shape index (κ2) is 6.87. The molecule has 0 atom stereocenters. The van der Waals surface area contributed by atoms with E-state index in [1.807, 2.05) is 18.5 Å². The van der Waals surface area contributed by atoms with Crippen LogP contribution < -0.4 is 4.74 Å². The minimum absolute atomic E-state index is 0.231. The molecule has 0 saturated carbocycles. The first kappa shape index (κ1) is 16.4. The molecule has 0 unspecified atom stereocenters. The van der Waals surface area contributed by atoms with Gasteiger partial charge in [0.15, 0.2) is 11.6 Å². The lowest BCUT2D eigenvalue weighted by molar-refractivity contribution is 0.00753. The SMILES string of the molecule is CCCn1nc(COc2ccc(F)cc2)nc1C(C)(C)OC. The molecule has 1 heterocycles. The van der Waals surface area contributed by atoms with Crippen molar-refractivity contribution >= 4 is 0 Å². The summed E-state index contributed by atoms with van der Waals surface area (Å²) in [5, 5.41) is 4.47. The van der Waals surface area contributed by atoms with Crippen LogP contribution in [-0.2, 0) is 23.5 Å². The fraction of sp³-hybridized carbons (Fsp3) is 0.500. The Balaban J connectivity index is 2.14. The molecular formula is C16H22FN3O2. The quantitative estimate of drug-likeness (QED) is 0.787. The van der Waals surface area contributed by atoms with Gasteiger partial charge in [-0.2, -0.15) is 5.10 Å². The first-order valence-electron chi connectivity index (χ1n) is 7.34. The molecule has 0 aliphatic heterocycles. The van der Waals surface area contributed by atoms with Crippen molar-refractivity contribution in [2.75, 3.05) is 7.11 Å².